The fraction of sp³-hybridized carbons (Fsp3) is 0.786. The van der Waals surface area contributed by atoms with E-state index in [0.717, 1.165) is 26.1 Å². The Bertz CT molecular complexity index is 512. The predicted octanol–water partition coefficient (Wildman–Crippen LogP) is 2.26. The number of rotatable bonds is 6. The molecule has 1 saturated heterocycles. The Balaban J connectivity index is 2.05. The Morgan fingerprint density at radius 2 is 2.24 bits per heavy atom. The molecule has 21 heavy (non-hydrogen) atoms. The van der Waals surface area contributed by atoms with E-state index in [1.165, 1.54) is 0 Å². The molecule has 1 aromatic heterocycles. The standard InChI is InChI=1S/C14H25N5O2/c1-5-18-14(13(19(20)21)11(4)16-18)15-8-12-6-7-17(9-12)10(2)3/h10,12,15H,5-9H2,1-4H3. The Hall–Kier alpha value is -1.63. The van der Waals surface area contributed by atoms with Gasteiger partial charge in [-0.2, -0.15) is 5.10 Å². The molecule has 1 fully saturated rings. The summed E-state index contributed by atoms with van der Waals surface area (Å²) in [5.74, 6) is 1.08. The van der Waals surface area contributed by atoms with Crippen molar-refractivity contribution in [2.45, 2.75) is 46.7 Å². The molecule has 1 aromatic rings. The lowest BCUT2D eigenvalue weighted by molar-refractivity contribution is -0.384. The molecular weight excluding hydrogens is 270 g/mol. The summed E-state index contributed by atoms with van der Waals surface area (Å²) in [5.41, 5.74) is 0.579. The first-order chi connectivity index (χ1) is 9.93. The third kappa shape index (κ3) is 3.34. The maximum Gasteiger partial charge on any atom is 0.333 e. The zero-order chi connectivity index (χ0) is 15.6. The van der Waals surface area contributed by atoms with Gasteiger partial charge in [-0.25, -0.2) is 4.68 Å². The Labute approximate surface area is 125 Å². The lowest BCUT2D eigenvalue weighted by atomic mass is 10.1. The minimum atomic E-state index is -0.341. The van der Waals surface area contributed by atoms with Crippen molar-refractivity contribution in [3.8, 4) is 0 Å². The van der Waals surface area contributed by atoms with Gasteiger partial charge in [0.2, 0.25) is 5.82 Å². The van der Waals surface area contributed by atoms with Crippen LogP contribution in [0.25, 0.3) is 0 Å². The van der Waals surface area contributed by atoms with E-state index >= 15 is 0 Å². The summed E-state index contributed by atoms with van der Waals surface area (Å²) >= 11 is 0. The first-order valence-electron chi connectivity index (χ1n) is 7.63. The van der Waals surface area contributed by atoms with Gasteiger partial charge in [0, 0.05) is 25.7 Å². The molecule has 0 aliphatic carbocycles. The predicted molar refractivity (Wildman–Crippen MR) is 82.6 cm³/mol. The smallest absolute Gasteiger partial charge is 0.333 e. The minimum Gasteiger partial charge on any atom is -0.364 e. The molecule has 1 atom stereocenters. The first kappa shape index (κ1) is 15.8. The molecule has 7 heteroatoms. The summed E-state index contributed by atoms with van der Waals surface area (Å²) in [4.78, 5) is 13.3. The Morgan fingerprint density at radius 3 is 2.76 bits per heavy atom. The van der Waals surface area contributed by atoms with Gasteiger partial charge in [-0.3, -0.25) is 10.1 Å². The molecule has 1 N–H and O–H groups in total. The lowest BCUT2D eigenvalue weighted by Gasteiger charge is -2.20. The van der Waals surface area contributed by atoms with E-state index in [2.05, 4.69) is 29.2 Å². The van der Waals surface area contributed by atoms with Crippen LogP contribution in [0.4, 0.5) is 11.5 Å². The molecule has 0 aromatic carbocycles. The minimum absolute atomic E-state index is 0.107. The summed E-state index contributed by atoms with van der Waals surface area (Å²) < 4.78 is 1.68. The number of hydrogen-bond donors (Lipinski definition) is 1. The van der Waals surface area contributed by atoms with Crippen LogP contribution in [-0.2, 0) is 6.54 Å². The van der Waals surface area contributed by atoms with Crippen molar-refractivity contribution in [2.75, 3.05) is 25.0 Å². The number of nitrogens with one attached hydrogen (secondary N) is 1. The van der Waals surface area contributed by atoms with Gasteiger partial charge in [0.15, 0.2) is 0 Å². The molecule has 0 amide bonds. The maximum absolute atomic E-state index is 11.2. The van der Waals surface area contributed by atoms with Crippen molar-refractivity contribution in [2.24, 2.45) is 5.92 Å². The highest BCUT2D eigenvalue weighted by Crippen LogP contribution is 2.29. The molecule has 1 unspecified atom stereocenters. The van der Waals surface area contributed by atoms with Gasteiger partial charge in [-0.1, -0.05) is 0 Å². The van der Waals surface area contributed by atoms with Crippen LogP contribution in [0.1, 0.15) is 32.9 Å². The highest BCUT2D eigenvalue weighted by Gasteiger charge is 2.28. The molecule has 118 valence electrons. The van der Waals surface area contributed by atoms with Gasteiger partial charge in [0.05, 0.1) is 4.92 Å². The van der Waals surface area contributed by atoms with Crippen LogP contribution in [0.15, 0.2) is 0 Å². The summed E-state index contributed by atoms with van der Waals surface area (Å²) in [7, 11) is 0. The van der Waals surface area contributed by atoms with Crippen molar-refractivity contribution in [1.29, 1.82) is 0 Å². The summed E-state index contributed by atoms with van der Waals surface area (Å²) in [6.45, 7) is 11.6. The summed E-state index contributed by atoms with van der Waals surface area (Å²) in [6.07, 6.45) is 1.14. The summed E-state index contributed by atoms with van der Waals surface area (Å²) in [5, 5.41) is 18.7. The molecule has 0 saturated carbocycles. The molecule has 0 radical (unpaired) electrons. The van der Waals surface area contributed by atoms with Gasteiger partial charge >= 0.3 is 5.69 Å². The number of hydrogen-bond acceptors (Lipinski definition) is 5. The monoisotopic (exact) mass is 295 g/mol. The average Bonchev–Trinajstić information content (AvgIpc) is 3.00. The van der Waals surface area contributed by atoms with E-state index in [1.54, 1.807) is 11.6 Å². The van der Waals surface area contributed by atoms with Crippen LogP contribution in [-0.4, -0.2) is 45.3 Å². The van der Waals surface area contributed by atoms with Crippen molar-refractivity contribution < 1.29 is 4.92 Å². The van der Waals surface area contributed by atoms with Crippen LogP contribution >= 0.6 is 0 Å². The SMILES string of the molecule is CCn1nc(C)c([N+](=O)[O-])c1NCC1CCN(C(C)C)C1. The van der Waals surface area contributed by atoms with Crippen LogP contribution in [0.5, 0.6) is 0 Å². The lowest BCUT2D eigenvalue weighted by Crippen LogP contribution is -2.29. The van der Waals surface area contributed by atoms with Crippen molar-refractivity contribution >= 4 is 11.5 Å². The largest absolute Gasteiger partial charge is 0.364 e. The second-order valence-electron chi connectivity index (χ2n) is 5.98. The zero-order valence-electron chi connectivity index (χ0n) is 13.3. The number of anilines is 1. The van der Waals surface area contributed by atoms with E-state index < -0.39 is 0 Å². The second kappa shape index (κ2) is 6.43. The van der Waals surface area contributed by atoms with E-state index in [9.17, 15) is 10.1 Å². The van der Waals surface area contributed by atoms with E-state index in [1.807, 2.05) is 6.92 Å². The number of nitrogens with zero attached hydrogens (tertiary/aromatic N) is 4. The maximum atomic E-state index is 11.2. The summed E-state index contributed by atoms with van der Waals surface area (Å²) in [6, 6.07) is 0.563. The van der Waals surface area contributed by atoms with Crippen LogP contribution in [0.2, 0.25) is 0 Å². The molecule has 2 rings (SSSR count). The quantitative estimate of drug-likeness (QED) is 0.643. The molecule has 1 aliphatic heterocycles. The van der Waals surface area contributed by atoms with Gasteiger partial charge < -0.3 is 10.2 Å². The fourth-order valence-corrected chi connectivity index (χ4v) is 2.93. The van der Waals surface area contributed by atoms with Gasteiger partial charge in [-0.05, 0) is 46.6 Å². The van der Waals surface area contributed by atoms with E-state index in [0.29, 0.717) is 30.0 Å². The van der Waals surface area contributed by atoms with Crippen molar-refractivity contribution in [3.63, 3.8) is 0 Å². The molecule has 7 nitrogen and oxygen atoms in total. The Morgan fingerprint density at radius 1 is 1.52 bits per heavy atom. The van der Waals surface area contributed by atoms with E-state index in [4.69, 9.17) is 0 Å². The number of aryl methyl sites for hydroxylation is 2. The van der Waals surface area contributed by atoms with Gasteiger partial charge in [0.25, 0.3) is 0 Å². The number of nitro groups is 1. The van der Waals surface area contributed by atoms with Gasteiger partial charge in [0.1, 0.15) is 5.69 Å². The van der Waals surface area contributed by atoms with Crippen molar-refractivity contribution in [3.05, 3.63) is 15.8 Å². The second-order valence-corrected chi connectivity index (χ2v) is 5.98. The average molecular weight is 295 g/mol. The van der Waals surface area contributed by atoms with E-state index in [-0.39, 0.29) is 10.6 Å². The molecule has 0 bridgehead atoms. The van der Waals surface area contributed by atoms with Crippen molar-refractivity contribution in [1.82, 2.24) is 14.7 Å². The third-order valence-electron chi connectivity index (χ3n) is 4.18. The van der Waals surface area contributed by atoms with Crippen LogP contribution in [0, 0.1) is 23.0 Å². The zero-order valence-corrected chi connectivity index (χ0v) is 13.3. The normalized spacial score (nSPS) is 19.4. The fourth-order valence-electron chi connectivity index (χ4n) is 2.93. The third-order valence-corrected chi connectivity index (χ3v) is 4.18. The first-order valence-corrected chi connectivity index (χ1v) is 7.63. The number of aromatic nitrogens is 2. The molecule has 2 heterocycles. The van der Waals surface area contributed by atoms with Crippen LogP contribution in [0.3, 0.4) is 0 Å². The highest BCUT2D eigenvalue weighted by molar-refractivity contribution is 5.59. The molecule has 1 aliphatic rings. The molecular formula is C14H25N5O2. The highest BCUT2D eigenvalue weighted by atomic mass is 16.6. The van der Waals surface area contributed by atoms with Crippen LogP contribution < -0.4 is 5.32 Å². The topological polar surface area (TPSA) is 76.2 Å². The Kier molecular flexibility index (Phi) is 4.82. The number of likely N-dealkylation sites (tertiary alicyclic amines) is 1. The molecule has 0 spiro atoms. The van der Waals surface area contributed by atoms with Gasteiger partial charge in [-0.15, -0.1) is 0 Å².